The molecule has 1 atom stereocenters. The molecule has 0 spiro atoms. The normalized spacial score (nSPS) is 19.8. The fourth-order valence-corrected chi connectivity index (χ4v) is 6.52. The first-order chi connectivity index (χ1) is 16.0. The van der Waals surface area contributed by atoms with Gasteiger partial charge in [-0.25, -0.2) is 0 Å². The van der Waals surface area contributed by atoms with E-state index >= 15 is 0 Å². The quantitative estimate of drug-likeness (QED) is 0.539. The van der Waals surface area contributed by atoms with Gasteiger partial charge in [-0.05, 0) is 24.0 Å². The van der Waals surface area contributed by atoms with Gasteiger partial charge < -0.3 is 11.5 Å². The van der Waals surface area contributed by atoms with Crippen LogP contribution in [0.1, 0.15) is 38.2 Å². The lowest BCUT2D eigenvalue weighted by Gasteiger charge is -2.42. The Labute approximate surface area is 214 Å². The van der Waals surface area contributed by atoms with Crippen LogP contribution < -0.4 is 16.4 Å². The van der Waals surface area contributed by atoms with Gasteiger partial charge >= 0.3 is 0 Å². The molecule has 1 unspecified atom stereocenters. The van der Waals surface area contributed by atoms with Crippen molar-refractivity contribution in [3.63, 3.8) is 0 Å². The number of nitrogens with zero attached hydrogens (tertiary/aromatic N) is 4. The van der Waals surface area contributed by atoms with E-state index in [-0.39, 0.29) is 28.3 Å². The number of halogens is 2. The van der Waals surface area contributed by atoms with E-state index in [1.165, 1.54) is 11.3 Å². The number of nitrogens with two attached hydrogens (primary N) is 2. The number of carbonyl (C=O) groups excluding carboxylic acids is 2. The molecule has 0 saturated carbocycles. The number of hydrogen-bond acceptors (Lipinski definition) is 9. The van der Waals surface area contributed by atoms with E-state index in [0.717, 1.165) is 11.8 Å². The number of ketones is 1. The summed E-state index contributed by atoms with van der Waals surface area (Å²) in [7, 11) is 0. The number of hydrogen-bond donors (Lipinski definition) is 2. The lowest BCUT2D eigenvalue weighted by Crippen LogP contribution is -2.42. The monoisotopic (exact) mass is 534 g/mol. The number of carbonyl (C=O) groups is 2. The van der Waals surface area contributed by atoms with E-state index in [2.05, 4.69) is 16.3 Å². The van der Waals surface area contributed by atoms with Gasteiger partial charge in [-0.1, -0.05) is 66.2 Å². The largest absolute Gasteiger partial charge is 0.384 e. The lowest BCUT2D eigenvalue weighted by atomic mass is 9.68. The Morgan fingerprint density at radius 3 is 2.62 bits per heavy atom. The first-order valence-corrected chi connectivity index (χ1v) is 12.7. The molecule has 0 bridgehead atoms. The SMILES string of the molecule is CC1(C)CC(=O)C2=C(C1)N(c1nnc(SCC(N)=O)s1)C(N)=C(C#N)C2c1c(Cl)cccc1Cl. The van der Waals surface area contributed by atoms with Crippen LogP contribution in [-0.2, 0) is 9.59 Å². The van der Waals surface area contributed by atoms with Crippen molar-refractivity contribution in [1.82, 2.24) is 10.2 Å². The third-order valence-electron chi connectivity index (χ3n) is 5.59. The highest BCUT2D eigenvalue weighted by Crippen LogP contribution is 2.52. The number of nitriles is 1. The zero-order valence-electron chi connectivity index (χ0n) is 18.3. The summed E-state index contributed by atoms with van der Waals surface area (Å²) < 4.78 is 0.514. The molecular weight excluding hydrogens is 515 g/mol. The average molecular weight is 535 g/mol. The summed E-state index contributed by atoms with van der Waals surface area (Å²) in [6, 6.07) is 7.22. The predicted molar refractivity (Wildman–Crippen MR) is 133 cm³/mol. The number of benzene rings is 1. The van der Waals surface area contributed by atoms with Gasteiger partial charge in [0.2, 0.25) is 11.0 Å². The zero-order valence-corrected chi connectivity index (χ0v) is 21.4. The van der Waals surface area contributed by atoms with Crippen LogP contribution in [0.3, 0.4) is 0 Å². The second-order valence-corrected chi connectivity index (χ2v) is 11.7. The molecule has 1 aliphatic carbocycles. The van der Waals surface area contributed by atoms with Crippen LogP contribution in [-0.4, -0.2) is 27.6 Å². The van der Waals surface area contributed by atoms with Gasteiger partial charge in [0.05, 0.1) is 23.3 Å². The topological polar surface area (TPSA) is 139 Å². The van der Waals surface area contributed by atoms with Crippen molar-refractivity contribution >= 4 is 63.1 Å². The highest BCUT2D eigenvalue weighted by molar-refractivity contribution is 8.01. The zero-order chi connectivity index (χ0) is 24.8. The van der Waals surface area contributed by atoms with E-state index < -0.39 is 11.8 Å². The van der Waals surface area contributed by atoms with Gasteiger partial charge in [-0.2, -0.15) is 5.26 Å². The van der Waals surface area contributed by atoms with E-state index in [9.17, 15) is 14.9 Å². The van der Waals surface area contributed by atoms with Crippen LogP contribution in [0.25, 0.3) is 0 Å². The summed E-state index contributed by atoms with van der Waals surface area (Å²) >= 11 is 15.4. The summed E-state index contributed by atoms with van der Waals surface area (Å²) in [5.74, 6) is -1.19. The maximum Gasteiger partial charge on any atom is 0.227 e. The fraction of sp³-hybridized carbons (Fsp3) is 0.318. The standard InChI is InChI=1S/C22H20Cl2N6O2S2/c1-22(2)6-13-18(14(31)7-22)16(17-11(23)4-3-5-12(17)24)10(8-25)19(27)30(13)20-28-29-21(34-20)33-9-15(26)32/h3-5,16H,6-7,9,27H2,1-2H3,(H2,26,32). The molecule has 34 heavy (non-hydrogen) atoms. The van der Waals surface area contributed by atoms with Crippen molar-refractivity contribution in [1.29, 1.82) is 5.26 Å². The average Bonchev–Trinajstić information content (AvgIpc) is 3.19. The molecule has 8 nitrogen and oxygen atoms in total. The molecule has 12 heteroatoms. The lowest BCUT2D eigenvalue weighted by molar-refractivity contribution is -0.118. The second kappa shape index (κ2) is 9.23. The van der Waals surface area contributed by atoms with Gasteiger partial charge in [-0.15, -0.1) is 10.2 Å². The number of thioether (sulfide) groups is 1. The minimum Gasteiger partial charge on any atom is -0.384 e. The Morgan fingerprint density at radius 1 is 1.32 bits per heavy atom. The summed E-state index contributed by atoms with van der Waals surface area (Å²) in [5.41, 5.74) is 13.2. The third-order valence-corrected chi connectivity index (χ3v) is 8.32. The Morgan fingerprint density at radius 2 is 2.00 bits per heavy atom. The minimum absolute atomic E-state index is 0.0515. The molecule has 2 aliphatic rings. The molecule has 2 heterocycles. The van der Waals surface area contributed by atoms with E-state index in [0.29, 0.717) is 49.2 Å². The Hall–Kier alpha value is -2.58. The van der Waals surface area contributed by atoms with Gasteiger partial charge in [0.1, 0.15) is 5.82 Å². The van der Waals surface area contributed by atoms with Crippen LogP contribution in [0.4, 0.5) is 5.13 Å². The number of aromatic nitrogens is 2. The number of rotatable bonds is 5. The summed E-state index contributed by atoms with van der Waals surface area (Å²) in [6.07, 6.45) is 0.808. The van der Waals surface area contributed by atoms with Crippen molar-refractivity contribution in [2.75, 3.05) is 10.7 Å². The molecule has 0 saturated heterocycles. The van der Waals surface area contributed by atoms with Crippen molar-refractivity contribution in [2.45, 2.75) is 36.9 Å². The highest BCUT2D eigenvalue weighted by Gasteiger charge is 2.46. The maximum absolute atomic E-state index is 13.5. The second-order valence-electron chi connectivity index (χ2n) is 8.72. The molecule has 2 aromatic rings. The molecule has 0 radical (unpaired) electrons. The molecule has 4 rings (SSSR count). The number of allylic oxidation sites excluding steroid dienone is 3. The van der Waals surface area contributed by atoms with Crippen LogP contribution >= 0.6 is 46.3 Å². The Balaban J connectivity index is 1.93. The smallest absolute Gasteiger partial charge is 0.227 e. The molecule has 1 aliphatic heterocycles. The maximum atomic E-state index is 13.5. The van der Waals surface area contributed by atoms with Crippen molar-refractivity contribution in [2.24, 2.45) is 16.9 Å². The molecule has 1 amide bonds. The first kappa shape index (κ1) is 24.5. The van der Waals surface area contributed by atoms with Gasteiger partial charge in [-0.3, -0.25) is 14.5 Å². The Kier molecular flexibility index (Phi) is 6.66. The highest BCUT2D eigenvalue weighted by atomic mass is 35.5. The molecule has 176 valence electrons. The van der Waals surface area contributed by atoms with Crippen molar-refractivity contribution in [3.05, 3.63) is 56.5 Å². The van der Waals surface area contributed by atoms with E-state index in [1.807, 2.05) is 13.8 Å². The molecule has 4 N–H and O–H groups in total. The van der Waals surface area contributed by atoms with E-state index in [1.54, 1.807) is 23.1 Å². The van der Waals surface area contributed by atoms with Crippen molar-refractivity contribution < 1.29 is 9.59 Å². The molecule has 0 fully saturated rings. The number of amides is 1. The summed E-state index contributed by atoms with van der Waals surface area (Å²) in [6.45, 7) is 4.00. The van der Waals surface area contributed by atoms with Gasteiger partial charge in [0.25, 0.3) is 0 Å². The predicted octanol–water partition coefficient (Wildman–Crippen LogP) is 4.36. The molecule has 1 aromatic heterocycles. The van der Waals surface area contributed by atoms with Crippen LogP contribution in [0.15, 0.2) is 45.2 Å². The van der Waals surface area contributed by atoms with Crippen LogP contribution in [0, 0.1) is 16.7 Å². The Bertz CT molecular complexity index is 1290. The van der Waals surface area contributed by atoms with Crippen LogP contribution in [0.2, 0.25) is 10.0 Å². The fourth-order valence-electron chi connectivity index (χ4n) is 4.29. The first-order valence-electron chi connectivity index (χ1n) is 10.2. The van der Waals surface area contributed by atoms with Crippen LogP contribution in [0.5, 0.6) is 0 Å². The molecule has 1 aromatic carbocycles. The number of Topliss-reactive ketones (excluding diaryl/α,β-unsaturated/α-hetero) is 1. The summed E-state index contributed by atoms with van der Waals surface area (Å²) in [5, 5.41) is 19.6. The number of anilines is 1. The van der Waals surface area contributed by atoms with Crippen molar-refractivity contribution in [3.8, 4) is 6.07 Å². The number of primary amides is 1. The van der Waals surface area contributed by atoms with Gasteiger partial charge in [0, 0.05) is 33.3 Å². The van der Waals surface area contributed by atoms with E-state index in [4.69, 9.17) is 34.7 Å². The third kappa shape index (κ3) is 4.41. The minimum atomic E-state index is -0.794. The van der Waals surface area contributed by atoms with Gasteiger partial charge in [0.15, 0.2) is 10.1 Å². The molecular formula is C22H20Cl2N6O2S2. The summed E-state index contributed by atoms with van der Waals surface area (Å²) in [4.78, 5) is 26.3.